The summed E-state index contributed by atoms with van der Waals surface area (Å²) >= 11 is 0. The second-order valence-corrected chi connectivity index (χ2v) is 4.17. The molecule has 2 heterocycles. The van der Waals surface area contributed by atoms with Gasteiger partial charge in [-0.1, -0.05) is 6.07 Å². The molecule has 20 heavy (non-hydrogen) atoms. The third kappa shape index (κ3) is 3.88. The van der Waals surface area contributed by atoms with Crippen molar-refractivity contribution in [1.29, 1.82) is 0 Å². The number of aliphatic hydroxyl groups excluding tert-OH is 1. The Bertz CT molecular complexity index is 609. The molecule has 0 aliphatic carbocycles. The highest BCUT2D eigenvalue weighted by Crippen LogP contribution is 2.08. The van der Waals surface area contributed by atoms with Crippen molar-refractivity contribution < 1.29 is 15.0 Å². The first-order valence-electron chi connectivity index (χ1n) is 5.98. The standard InChI is InChI=1S/C14H13N3O3/c18-13(14(19)20)5-12-4-3-10(8-17-12)1-2-11-6-15-9-16-7-11/h3-9,18H,1-2H2,(H,19,20)/b13-5-. The van der Waals surface area contributed by atoms with Gasteiger partial charge >= 0.3 is 5.97 Å². The summed E-state index contributed by atoms with van der Waals surface area (Å²) in [7, 11) is 0. The minimum atomic E-state index is -1.38. The lowest BCUT2D eigenvalue weighted by molar-refractivity contribution is -0.135. The molecule has 0 atom stereocenters. The molecule has 0 fully saturated rings. The van der Waals surface area contributed by atoms with E-state index in [1.807, 2.05) is 6.07 Å². The van der Waals surface area contributed by atoms with Gasteiger partial charge in [0.15, 0.2) is 0 Å². The minimum absolute atomic E-state index is 0.400. The van der Waals surface area contributed by atoms with Crippen molar-refractivity contribution in [2.45, 2.75) is 12.8 Å². The van der Waals surface area contributed by atoms with Crippen molar-refractivity contribution in [2.24, 2.45) is 0 Å². The van der Waals surface area contributed by atoms with Crippen LogP contribution in [0.4, 0.5) is 0 Å². The van der Waals surface area contributed by atoms with Gasteiger partial charge in [0.25, 0.3) is 0 Å². The van der Waals surface area contributed by atoms with Gasteiger partial charge in [0.1, 0.15) is 6.33 Å². The van der Waals surface area contributed by atoms with E-state index in [0.717, 1.165) is 30.0 Å². The highest BCUT2D eigenvalue weighted by Gasteiger charge is 2.04. The van der Waals surface area contributed by atoms with Crippen molar-refractivity contribution in [1.82, 2.24) is 15.0 Å². The van der Waals surface area contributed by atoms with E-state index in [-0.39, 0.29) is 0 Å². The number of carboxylic acid groups (broad SMARTS) is 1. The first-order valence-corrected chi connectivity index (χ1v) is 5.98. The van der Waals surface area contributed by atoms with Gasteiger partial charge in [0.05, 0.1) is 5.69 Å². The summed E-state index contributed by atoms with van der Waals surface area (Å²) in [6.45, 7) is 0. The van der Waals surface area contributed by atoms with Crippen molar-refractivity contribution >= 4 is 12.0 Å². The van der Waals surface area contributed by atoms with Gasteiger partial charge in [0, 0.05) is 24.7 Å². The van der Waals surface area contributed by atoms with Gasteiger partial charge in [-0.05, 0) is 30.0 Å². The van der Waals surface area contributed by atoms with Gasteiger partial charge in [0.2, 0.25) is 5.76 Å². The number of aromatic nitrogens is 3. The monoisotopic (exact) mass is 271 g/mol. The number of rotatable bonds is 5. The maximum absolute atomic E-state index is 10.5. The number of pyridine rings is 1. The zero-order valence-electron chi connectivity index (χ0n) is 10.6. The molecule has 2 N–H and O–H groups in total. The minimum Gasteiger partial charge on any atom is -0.502 e. The summed E-state index contributed by atoms with van der Waals surface area (Å²) in [4.78, 5) is 22.4. The number of hydrogen-bond acceptors (Lipinski definition) is 5. The molecule has 0 saturated carbocycles. The quantitative estimate of drug-likeness (QED) is 0.634. The Morgan fingerprint density at radius 1 is 1.05 bits per heavy atom. The van der Waals surface area contributed by atoms with Crippen LogP contribution >= 0.6 is 0 Å². The predicted octanol–water partition coefficient (Wildman–Crippen LogP) is 1.64. The molecule has 0 aliphatic heterocycles. The van der Waals surface area contributed by atoms with E-state index < -0.39 is 11.7 Å². The van der Waals surface area contributed by atoms with Crippen molar-refractivity contribution in [2.75, 3.05) is 0 Å². The summed E-state index contributed by atoms with van der Waals surface area (Å²) in [5, 5.41) is 17.7. The molecule has 2 aromatic heterocycles. The summed E-state index contributed by atoms with van der Waals surface area (Å²) in [5.74, 6) is -2.10. The fraction of sp³-hybridized carbons (Fsp3) is 0.143. The Morgan fingerprint density at radius 3 is 2.35 bits per heavy atom. The third-order valence-corrected chi connectivity index (χ3v) is 2.67. The SMILES string of the molecule is O=C(O)/C(O)=C/c1ccc(CCc2cncnc2)cn1. The van der Waals surface area contributed by atoms with E-state index in [1.165, 1.54) is 6.33 Å². The zero-order chi connectivity index (χ0) is 14.4. The van der Waals surface area contributed by atoms with Crippen molar-refractivity contribution in [3.05, 3.63) is 59.6 Å². The maximum atomic E-state index is 10.5. The molecule has 0 radical (unpaired) electrons. The number of nitrogens with zero attached hydrogens (tertiary/aromatic N) is 3. The van der Waals surface area contributed by atoms with Gasteiger partial charge < -0.3 is 10.2 Å². The highest BCUT2D eigenvalue weighted by molar-refractivity contribution is 5.88. The molecule has 0 unspecified atom stereocenters. The average molecular weight is 271 g/mol. The molecule has 2 rings (SSSR count). The second-order valence-electron chi connectivity index (χ2n) is 4.17. The number of carboxylic acids is 1. The molecule has 0 aromatic carbocycles. The molecule has 102 valence electrons. The fourth-order valence-electron chi connectivity index (χ4n) is 1.62. The molecule has 0 saturated heterocycles. The molecule has 0 aliphatic rings. The molecule has 0 bridgehead atoms. The molecule has 6 heteroatoms. The Kier molecular flexibility index (Phi) is 4.39. The van der Waals surface area contributed by atoms with Gasteiger partial charge in [-0.25, -0.2) is 14.8 Å². The molecule has 6 nitrogen and oxygen atoms in total. The largest absolute Gasteiger partial charge is 0.502 e. The van der Waals surface area contributed by atoms with Crippen LogP contribution in [0.1, 0.15) is 16.8 Å². The first kappa shape index (κ1) is 13.7. The number of aryl methyl sites for hydroxylation is 2. The van der Waals surface area contributed by atoms with Crippen LogP contribution in [0.25, 0.3) is 6.08 Å². The van der Waals surface area contributed by atoms with Crippen LogP contribution in [0.15, 0.2) is 42.8 Å². The smallest absolute Gasteiger partial charge is 0.371 e. The normalized spacial score (nSPS) is 11.3. The Labute approximate surface area is 115 Å². The Hall–Kier alpha value is -2.76. The number of carbonyl (C=O) groups is 1. The molecular weight excluding hydrogens is 258 g/mol. The first-order chi connectivity index (χ1) is 9.65. The third-order valence-electron chi connectivity index (χ3n) is 2.67. The van der Waals surface area contributed by atoms with Crippen molar-refractivity contribution in [3.63, 3.8) is 0 Å². The average Bonchev–Trinajstić information content (AvgIpc) is 2.47. The van der Waals surface area contributed by atoms with Crippen LogP contribution in [0.5, 0.6) is 0 Å². The second kappa shape index (κ2) is 6.42. The van der Waals surface area contributed by atoms with Crippen molar-refractivity contribution in [3.8, 4) is 0 Å². The van der Waals surface area contributed by atoms with E-state index in [1.54, 1.807) is 24.7 Å². The fourth-order valence-corrected chi connectivity index (χ4v) is 1.62. The molecule has 0 amide bonds. The lowest BCUT2D eigenvalue weighted by Crippen LogP contribution is -1.99. The van der Waals surface area contributed by atoms with Crippen LogP contribution in [-0.2, 0) is 17.6 Å². The summed E-state index contributed by atoms with van der Waals surface area (Å²) in [5.41, 5.74) is 2.46. The van der Waals surface area contributed by atoms with E-state index in [9.17, 15) is 4.79 Å². The maximum Gasteiger partial charge on any atom is 0.371 e. The van der Waals surface area contributed by atoms with Crippen LogP contribution in [0.3, 0.4) is 0 Å². The summed E-state index contributed by atoms with van der Waals surface area (Å²) < 4.78 is 0. The molecule has 2 aromatic rings. The Balaban J connectivity index is 1.98. The Morgan fingerprint density at radius 2 is 1.75 bits per heavy atom. The summed E-state index contributed by atoms with van der Waals surface area (Å²) in [6, 6.07) is 3.51. The number of aliphatic hydroxyl groups is 1. The van der Waals surface area contributed by atoms with Crippen LogP contribution in [-0.4, -0.2) is 31.1 Å². The van der Waals surface area contributed by atoms with E-state index in [0.29, 0.717) is 5.69 Å². The van der Waals surface area contributed by atoms with Crippen LogP contribution < -0.4 is 0 Å². The van der Waals surface area contributed by atoms with Crippen LogP contribution in [0, 0.1) is 0 Å². The van der Waals surface area contributed by atoms with Gasteiger partial charge in [-0.3, -0.25) is 4.98 Å². The number of aliphatic carboxylic acids is 1. The lowest BCUT2D eigenvalue weighted by Gasteiger charge is -2.01. The number of hydrogen-bond donors (Lipinski definition) is 2. The lowest BCUT2D eigenvalue weighted by atomic mass is 10.1. The van der Waals surface area contributed by atoms with E-state index in [2.05, 4.69) is 15.0 Å². The summed E-state index contributed by atoms with van der Waals surface area (Å²) in [6.07, 6.45) is 9.38. The van der Waals surface area contributed by atoms with Crippen LogP contribution in [0.2, 0.25) is 0 Å². The van der Waals surface area contributed by atoms with Gasteiger partial charge in [-0.15, -0.1) is 0 Å². The molecule has 0 spiro atoms. The molecular formula is C14H13N3O3. The van der Waals surface area contributed by atoms with E-state index >= 15 is 0 Å². The predicted molar refractivity (Wildman–Crippen MR) is 71.9 cm³/mol. The topological polar surface area (TPSA) is 96.2 Å². The van der Waals surface area contributed by atoms with Gasteiger partial charge in [-0.2, -0.15) is 0 Å². The zero-order valence-corrected chi connectivity index (χ0v) is 10.6. The van der Waals surface area contributed by atoms with E-state index in [4.69, 9.17) is 10.2 Å². The highest BCUT2D eigenvalue weighted by atomic mass is 16.4.